The summed E-state index contributed by atoms with van der Waals surface area (Å²) in [7, 11) is 0. The summed E-state index contributed by atoms with van der Waals surface area (Å²) in [5.41, 5.74) is 3.78. The van der Waals surface area contributed by atoms with E-state index in [9.17, 15) is 9.59 Å². The minimum absolute atomic E-state index is 0.0435. The first-order chi connectivity index (χ1) is 12.5. The molecule has 1 heterocycles. The van der Waals surface area contributed by atoms with E-state index in [1.807, 2.05) is 50.2 Å². The Labute approximate surface area is 152 Å². The number of hydrogen-bond acceptors (Lipinski definition) is 3. The summed E-state index contributed by atoms with van der Waals surface area (Å²) in [6.07, 6.45) is 1.77. The van der Waals surface area contributed by atoms with E-state index >= 15 is 0 Å². The fraction of sp³-hybridized carbons (Fsp3) is 0.190. The molecule has 0 saturated carbocycles. The number of aromatic nitrogens is 1. The number of rotatable bonds is 4. The van der Waals surface area contributed by atoms with Gasteiger partial charge in [0.15, 0.2) is 5.78 Å². The lowest BCUT2D eigenvalue weighted by Gasteiger charge is -2.10. The van der Waals surface area contributed by atoms with Crippen molar-refractivity contribution in [1.82, 2.24) is 10.3 Å². The van der Waals surface area contributed by atoms with Gasteiger partial charge in [-0.15, -0.1) is 0 Å². The van der Waals surface area contributed by atoms with Crippen LogP contribution in [-0.2, 0) is 0 Å². The van der Waals surface area contributed by atoms with Gasteiger partial charge in [0.1, 0.15) is 5.82 Å². The molecule has 0 aliphatic rings. The predicted octanol–water partition coefficient (Wildman–Crippen LogP) is 4.55. The maximum Gasteiger partial charge on any atom is 0.320 e. The Kier molecular flexibility index (Phi) is 4.98. The van der Waals surface area contributed by atoms with Gasteiger partial charge in [0.05, 0.1) is 0 Å². The molecule has 5 heteroatoms. The highest BCUT2D eigenvalue weighted by Gasteiger charge is 2.08. The van der Waals surface area contributed by atoms with Crippen LogP contribution in [0, 0.1) is 6.92 Å². The monoisotopic (exact) mass is 347 g/mol. The third-order valence-electron chi connectivity index (χ3n) is 4.23. The second-order valence-electron chi connectivity index (χ2n) is 6.21. The van der Waals surface area contributed by atoms with Crippen molar-refractivity contribution >= 4 is 28.4 Å². The second-order valence-corrected chi connectivity index (χ2v) is 6.21. The van der Waals surface area contributed by atoms with Gasteiger partial charge < -0.3 is 5.32 Å². The third-order valence-corrected chi connectivity index (χ3v) is 4.23. The number of nitrogens with zero attached hydrogens (tertiary/aromatic N) is 1. The summed E-state index contributed by atoms with van der Waals surface area (Å²) in [5, 5.41) is 7.42. The number of ketones is 1. The molecule has 3 aromatic rings. The number of anilines is 1. The van der Waals surface area contributed by atoms with E-state index in [0.717, 1.165) is 27.5 Å². The van der Waals surface area contributed by atoms with Crippen molar-refractivity contribution in [2.75, 3.05) is 11.9 Å². The third kappa shape index (κ3) is 3.72. The summed E-state index contributed by atoms with van der Waals surface area (Å²) >= 11 is 0. The molecular weight excluding hydrogens is 326 g/mol. The zero-order chi connectivity index (χ0) is 18.7. The van der Waals surface area contributed by atoms with E-state index in [2.05, 4.69) is 21.7 Å². The quantitative estimate of drug-likeness (QED) is 0.680. The standard InChI is InChI=1S/C21H21N3O2/c1-4-22-21(26)24-20-11-18-10-17(8-13(2)19(18)12-23-20)16-7-5-6-15(9-16)14(3)25/h5-12H,4H2,1-3H3,(H2,22,23,24,26). The van der Waals surface area contributed by atoms with Crippen molar-refractivity contribution < 1.29 is 9.59 Å². The van der Waals surface area contributed by atoms with Gasteiger partial charge in [0, 0.05) is 23.7 Å². The summed E-state index contributed by atoms with van der Waals surface area (Å²) in [4.78, 5) is 27.7. The Hall–Kier alpha value is -3.21. The zero-order valence-electron chi connectivity index (χ0n) is 15.1. The van der Waals surface area contributed by atoms with Crippen LogP contribution in [0.1, 0.15) is 29.8 Å². The SMILES string of the molecule is CCNC(=O)Nc1cc2cc(-c3cccc(C(C)=O)c3)cc(C)c2cn1. The Morgan fingerprint density at radius 2 is 1.88 bits per heavy atom. The van der Waals surface area contributed by atoms with Gasteiger partial charge in [-0.05, 0) is 61.0 Å². The number of amides is 2. The highest BCUT2D eigenvalue weighted by atomic mass is 16.2. The average Bonchev–Trinajstić information content (AvgIpc) is 2.61. The summed E-state index contributed by atoms with van der Waals surface area (Å²) in [6, 6.07) is 13.3. The molecule has 0 fully saturated rings. The molecule has 0 spiro atoms. The molecular formula is C21H21N3O2. The van der Waals surface area contributed by atoms with Crippen LogP contribution in [0.5, 0.6) is 0 Å². The Bertz CT molecular complexity index is 996. The summed E-state index contributed by atoms with van der Waals surface area (Å²) < 4.78 is 0. The molecule has 26 heavy (non-hydrogen) atoms. The van der Waals surface area contributed by atoms with E-state index in [0.29, 0.717) is 17.9 Å². The lowest BCUT2D eigenvalue weighted by molar-refractivity contribution is 0.101. The van der Waals surface area contributed by atoms with Crippen LogP contribution in [0.4, 0.5) is 10.6 Å². The molecule has 3 rings (SSSR count). The molecule has 0 aliphatic heterocycles. The lowest BCUT2D eigenvalue weighted by Crippen LogP contribution is -2.28. The van der Waals surface area contributed by atoms with Crippen LogP contribution < -0.4 is 10.6 Å². The minimum atomic E-state index is -0.276. The number of urea groups is 1. The first-order valence-electron chi connectivity index (χ1n) is 8.54. The molecule has 0 saturated heterocycles. The van der Waals surface area contributed by atoms with E-state index in [-0.39, 0.29) is 11.8 Å². The van der Waals surface area contributed by atoms with Crippen molar-refractivity contribution in [2.45, 2.75) is 20.8 Å². The van der Waals surface area contributed by atoms with Crippen LogP contribution in [0.15, 0.2) is 48.7 Å². The topological polar surface area (TPSA) is 71.1 Å². The molecule has 2 aromatic carbocycles. The Morgan fingerprint density at radius 1 is 1.08 bits per heavy atom. The van der Waals surface area contributed by atoms with E-state index < -0.39 is 0 Å². The van der Waals surface area contributed by atoms with Crippen LogP contribution in [-0.4, -0.2) is 23.3 Å². The maximum atomic E-state index is 11.7. The largest absolute Gasteiger partial charge is 0.338 e. The van der Waals surface area contributed by atoms with Gasteiger partial charge in [-0.1, -0.05) is 24.3 Å². The average molecular weight is 347 g/mol. The van der Waals surface area contributed by atoms with E-state index in [1.165, 1.54) is 0 Å². The maximum absolute atomic E-state index is 11.7. The number of benzene rings is 2. The van der Waals surface area contributed by atoms with Gasteiger partial charge in [-0.25, -0.2) is 9.78 Å². The van der Waals surface area contributed by atoms with Crippen LogP contribution in [0.2, 0.25) is 0 Å². The van der Waals surface area contributed by atoms with E-state index in [1.54, 1.807) is 13.1 Å². The number of fused-ring (bicyclic) bond motifs is 1. The molecule has 1 aromatic heterocycles. The predicted molar refractivity (Wildman–Crippen MR) is 105 cm³/mol. The Balaban J connectivity index is 2.03. The second kappa shape index (κ2) is 7.35. The minimum Gasteiger partial charge on any atom is -0.338 e. The molecule has 0 bridgehead atoms. The highest BCUT2D eigenvalue weighted by molar-refractivity contribution is 5.97. The molecule has 0 aliphatic carbocycles. The Morgan fingerprint density at radius 3 is 2.62 bits per heavy atom. The molecule has 132 valence electrons. The smallest absolute Gasteiger partial charge is 0.320 e. The number of carbonyl (C=O) groups excluding carboxylic acids is 2. The van der Waals surface area contributed by atoms with Crippen molar-refractivity contribution in [1.29, 1.82) is 0 Å². The molecule has 2 amide bonds. The van der Waals surface area contributed by atoms with Crippen molar-refractivity contribution in [3.8, 4) is 11.1 Å². The number of hydrogen-bond donors (Lipinski definition) is 2. The van der Waals surface area contributed by atoms with Crippen molar-refractivity contribution in [3.63, 3.8) is 0 Å². The number of aryl methyl sites for hydroxylation is 1. The van der Waals surface area contributed by atoms with Gasteiger partial charge in [-0.3, -0.25) is 10.1 Å². The van der Waals surface area contributed by atoms with Crippen molar-refractivity contribution in [3.05, 3.63) is 59.8 Å². The van der Waals surface area contributed by atoms with E-state index in [4.69, 9.17) is 0 Å². The van der Waals surface area contributed by atoms with Crippen LogP contribution in [0.25, 0.3) is 21.9 Å². The van der Waals surface area contributed by atoms with Gasteiger partial charge in [0.2, 0.25) is 0 Å². The fourth-order valence-electron chi connectivity index (χ4n) is 2.91. The van der Waals surface area contributed by atoms with Gasteiger partial charge in [-0.2, -0.15) is 0 Å². The number of nitrogens with one attached hydrogen (secondary N) is 2. The fourth-order valence-corrected chi connectivity index (χ4v) is 2.91. The number of carbonyl (C=O) groups is 2. The first kappa shape index (κ1) is 17.6. The number of Topliss-reactive ketones (excluding diaryl/α,β-unsaturated/α-hetero) is 1. The molecule has 2 N–H and O–H groups in total. The van der Waals surface area contributed by atoms with Gasteiger partial charge >= 0.3 is 6.03 Å². The lowest BCUT2D eigenvalue weighted by atomic mass is 9.97. The molecule has 0 unspecified atom stereocenters. The summed E-state index contributed by atoms with van der Waals surface area (Å²) in [6.45, 7) is 6.00. The van der Waals surface area contributed by atoms with Crippen LogP contribution >= 0.6 is 0 Å². The van der Waals surface area contributed by atoms with Crippen LogP contribution in [0.3, 0.4) is 0 Å². The normalized spacial score (nSPS) is 10.6. The zero-order valence-corrected chi connectivity index (χ0v) is 15.1. The van der Waals surface area contributed by atoms with Gasteiger partial charge in [0.25, 0.3) is 0 Å². The highest BCUT2D eigenvalue weighted by Crippen LogP contribution is 2.29. The van der Waals surface area contributed by atoms with Crippen molar-refractivity contribution in [2.24, 2.45) is 0 Å². The molecule has 0 radical (unpaired) electrons. The molecule has 5 nitrogen and oxygen atoms in total. The number of pyridine rings is 1. The first-order valence-corrected chi connectivity index (χ1v) is 8.54. The summed E-state index contributed by atoms with van der Waals surface area (Å²) in [5.74, 6) is 0.541. The molecule has 0 atom stereocenters.